The van der Waals surface area contributed by atoms with Crippen molar-refractivity contribution in [3.8, 4) is 17.4 Å². The van der Waals surface area contributed by atoms with Crippen LogP contribution in [-0.2, 0) is 0 Å². The minimum absolute atomic E-state index is 0.649. The lowest BCUT2D eigenvalue weighted by atomic mass is 10.1. The fraction of sp³-hybridized carbons (Fsp3) is 0. The maximum atomic E-state index is 9.93. The standard InChI is InChI=1S/C44H22N4S2/c1-46-26-13-18-39-34(21-26)30-9-3-4-11-37(30)47(39)27-14-19-40-35(22-27)36-23-28(15-20-41(36)49-40)48-38-12-5-2-8-29(38)31-16-17-33-32-10-6-7-25(24-45)43(32)50-44(33)42(31)48/h2-23H. The van der Waals surface area contributed by atoms with Crippen molar-refractivity contribution in [3.05, 3.63) is 150 Å². The molecule has 50 heavy (non-hydrogen) atoms. The summed E-state index contributed by atoms with van der Waals surface area (Å²) in [7, 11) is 0. The second-order valence-corrected chi connectivity index (χ2v) is 14.8. The van der Waals surface area contributed by atoms with Crippen molar-refractivity contribution in [2.45, 2.75) is 0 Å². The highest BCUT2D eigenvalue weighted by Crippen LogP contribution is 2.45. The van der Waals surface area contributed by atoms with E-state index in [0.717, 1.165) is 54.3 Å². The van der Waals surface area contributed by atoms with Gasteiger partial charge in [-0.05, 0) is 72.1 Å². The SMILES string of the molecule is [C-]#[N+]c1ccc2c(c1)c1ccccc1n2-c1ccc2sc3ccc(-n4c5ccccc5c5ccc6c7cccc(C#N)c7sc6c54)cc3c2c1. The summed E-state index contributed by atoms with van der Waals surface area (Å²) in [4.78, 5) is 3.71. The van der Waals surface area contributed by atoms with Gasteiger partial charge in [-0.15, -0.1) is 22.7 Å². The van der Waals surface area contributed by atoms with Crippen LogP contribution in [0.15, 0.2) is 133 Å². The lowest BCUT2D eigenvalue weighted by Gasteiger charge is -2.10. The molecule has 0 N–H and O–H groups in total. The van der Waals surface area contributed by atoms with Gasteiger partial charge < -0.3 is 9.13 Å². The molecular weight excluding hydrogens is 649 g/mol. The third kappa shape index (κ3) is 3.61. The van der Waals surface area contributed by atoms with E-state index < -0.39 is 0 Å². The second kappa shape index (κ2) is 10.0. The highest BCUT2D eigenvalue weighted by molar-refractivity contribution is 7.27. The maximum absolute atomic E-state index is 9.93. The first-order valence-corrected chi connectivity index (χ1v) is 18.0. The largest absolute Gasteiger partial charge is 0.309 e. The van der Waals surface area contributed by atoms with Crippen LogP contribution in [-0.4, -0.2) is 9.13 Å². The molecule has 0 unspecified atom stereocenters. The predicted octanol–water partition coefficient (Wildman–Crippen LogP) is 13.0. The molecule has 0 saturated carbocycles. The zero-order chi connectivity index (χ0) is 33.1. The molecule has 0 aliphatic carbocycles. The number of hydrogen-bond acceptors (Lipinski definition) is 3. The summed E-state index contributed by atoms with van der Waals surface area (Å²) in [5.41, 5.74) is 8.14. The number of hydrogen-bond donors (Lipinski definition) is 0. The summed E-state index contributed by atoms with van der Waals surface area (Å²) in [5.74, 6) is 0. The van der Waals surface area contributed by atoms with Gasteiger partial charge in [-0.2, -0.15) is 5.26 Å². The Bertz CT molecular complexity index is 3360. The van der Waals surface area contributed by atoms with Crippen LogP contribution in [0.1, 0.15) is 5.56 Å². The Labute approximate surface area is 293 Å². The number of aromatic nitrogens is 2. The first-order chi connectivity index (χ1) is 24.7. The molecule has 0 bridgehead atoms. The van der Waals surface area contributed by atoms with E-state index in [4.69, 9.17) is 6.57 Å². The van der Waals surface area contributed by atoms with Gasteiger partial charge in [-0.1, -0.05) is 66.7 Å². The van der Waals surface area contributed by atoms with E-state index >= 15 is 0 Å². The van der Waals surface area contributed by atoms with Crippen molar-refractivity contribution in [1.82, 2.24) is 9.13 Å². The Morgan fingerprint density at radius 3 is 1.86 bits per heavy atom. The van der Waals surface area contributed by atoms with Gasteiger partial charge in [0.25, 0.3) is 0 Å². The molecule has 7 aromatic carbocycles. The van der Waals surface area contributed by atoms with Crippen molar-refractivity contribution in [3.63, 3.8) is 0 Å². The molecular formula is C44H22N4S2. The number of para-hydroxylation sites is 2. The Balaban J connectivity index is 1.19. The van der Waals surface area contributed by atoms with E-state index in [2.05, 4.69) is 129 Å². The van der Waals surface area contributed by atoms with Crippen LogP contribution >= 0.6 is 22.7 Å². The molecule has 0 aliphatic rings. The number of fused-ring (bicyclic) bond motifs is 13. The summed E-state index contributed by atoms with van der Waals surface area (Å²) in [5, 5.41) is 19.4. The van der Waals surface area contributed by atoms with Crippen LogP contribution in [0, 0.1) is 17.9 Å². The average Bonchev–Trinajstić information content (AvgIpc) is 3.91. The fourth-order valence-corrected chi connectivity index (χ4v) is 10.4. The van der Waals surface area contributed by atoms with Gasteiger partial charge in [0.2, 0.25) is 0 Å². The van der Waals surface area contributed by atoms with Crippen LogP contribution in [0.3, 0.4) is 0 Å². The van der Waals surface area contributed by atoms with Crippen molar-refractivity contribution in [1.29, 1.82) is 5.26 Å². The Morgan fingerprint density at radius 1 is 0.500 bits per heavy atom. The van der Waals surface area contributed by atoms with E-state index in [-0.39, 0.29) is 0 Å². The van der Waals surface area contributed by atoms with Crippen LogP contribution in [0.25, 0.3) is 100 Å². The van der Waals surface area contributed by atoms with Crippen molar-refractivity contribution < 1.29 is 0 Å². The van der Waals surface area contributed by atoms with Crippen LogP contribution in [0.4, 0.5) is 5.69 Å². The molecule has 4 aromatic heterocycles. The van der Waals surface area contributed by atoms with Gasteiger partial charge in [0.05, 0.1) is 43.6 Å². The van der Waals surface area contributed by atoms with Gasteiger partial charge in [0, 0.05) is 58.5 Å². The first kappa shape index (κ1) is 27.5. The summed E-state index contributed by atoms with van der Waals surface area (Å²) in [6, 6.07) is 49.7. The summed E-state index contributed by atoms with van der Waals surface area (Å²) >= 11 is 3.54. The molecule has 4 nitrogen and oxygen atoms in total. The smallest absolute Gasteiger partial charge is 0.188 e. The molecule has 0 radical (unpaired) electrons. The molecule has 11 aromatic rings. The zero-order valence-corrected chi connectivity index (χ0v) is 27.9. The summed E-state index contributed by atoms with van der Waals surface area (Å²) in [6.45, 7) is 7.59. The maximum Gasteiger partial charge on any atom is 0.188 e. The van der Waals surface area contributed by atoms with Gasteiger partial charge >= 0.3 is 0 Å². The monoisotopic (exact) mass is 670 g/mol. The lowest BCUT2D eigenvalue weighted by Crippen LogP contribution is -1.94. The van der Waals surface area contributed by atoms with Gasteiger partial charge in [-0.3, -0.25) is 0 Å². The van der Waals surface area contributed by atoms with Crippen molar-refractivity contribution >= 4 is 112 Å². The van der Waals surface area contributed by atoms with Crippen LogP contribution in [0.5, 0.6) is 0 Å². The Kier molecular flexibility index (Phi) is 5.52. The third-order valence-corrected chi connectivity index (χ3v) is 12.6. The van der Waals surface area contributed by atoms with E-state index in [1.165, 1.54) is 46.5 Å². The number of nitrogens with zero attached hydrogens (tertiary/aromatic N) is 4. The predicted molar refractivity (Wildman–Crippen MR) is 212 cm³/mol. The van der Waals surface area contributed by atoms with Gasteiger partial charge in [0.15, 0.2) is 5.69 Å². The van der Waals surface area contributed by atoms with E-state index in [0.29, 0.717) is 5.69 Å². The van der Waals surface area contributed by atoms with Crippen molar-refractivity contribution in [2.75, 3.05) is 0 Å². The molecule has 0 fully saturated rings. The Hall–Kier alpha value is -6.44. The molecule has 0 spiro atoms. The average molecular weight is 671 g/mol. The topological polar surface area (TPSA) is 38.0 Å². The number of nitriles is 1. The quantitative estimate of drug-likeness (QED) is 0.169. The van der Waals surface area contributed by atoms with E-state index in [1.54, 1.807) is 11.3 Å². The normalized spacial score (nSPS) is 12.0. The fourth-order valence-electron chi connectivity index (χ4n) is 8.00. The first-order valence-electron chi connectivity index (χ1n) is 16.4. The molecule has 0 aliphatic heterocycles. The van der Waals surface area contributed by atoms with Crippen molar-refractivity contribution in [2.24, 2.45) is 0 Å². The molecule has 230 valence electrons. The molecule has 0 amide bonds. The van der Waals surface area contributed by atoms with Crippen LogP contribution in [0.2, 0.25) is 0 Å². The minimum atomic E-state index is 0.649. The Morgan fingerprint density at radius 2 is 1.12 bits per heavy atom. The van der Waals surface area contributed by atoms with Gasteiger partial charge in [0.1, 0.15) is 6.07 Å². The molecule has 4 heterocycles. The van der Waals surface area contributed by atoms with E-state index in [9.17, 15) is 5.26 Å². The van der Waals surface area contributed by atoms with E-state index in [1.807, 2.05) is 35.6 Å². The summed E-state index contributed by atoms with van der Waals surface area (Å²) < 4.78 is 9.47. The highest BCUT2D eigenvalue weighted by atomic mass is 32.1. The molecule has 11 rings (SSSR count). The zero-order valence-electron chi connectivity index (χ0n) is 26.3. The van der Waals surface area contributed by atoms with Gasteiger partial charge in [-0.25, -0.2) is 4.85 Å². The molecule has 6 heteroatoms. The minimum Gasteiger partial charge on any atom is -0.309 e. The number of benzene rings is 7. The van der Waals surface area contributed by atoms with Crippen LogP contribution < -0.4 is 0 Å². The second-order valence-electron chi connectivity index (χ2n) is 12.7. The molecule has 0 atom stereocenters. The highest BCUT2D eigenvalue weighted by Gasteiger charge is 2.20. The third-order valence-electron chi connectivity index (χ3n) is 10.2. The number of thiophene rings is 2. The summed E-state index contributed by atoms with van der Waals surface area (Å²) in [6.07, 6.45) is 0. The number of rotatable bonds is 2. The molecule has 0 saturated heterocycles. The lowest BCUT2D eigenvalue weighted by molar-refractivity contribution is 1.19.